The van der Waals surface area contributed by atoms with Crippen LogP contribution in [0, 0.1) is 0 Å². The van der Waals surface area contributed by atoms with Crippen molar-refractivity contribution in [2.45, 2.75) is 19.4 Å². The Hall–Kier alpha value is -3.09. The van der Waals surface area contributed by atoms with Crippen molar-refractivity contribution in [3.8, 4) is 0 Å². The van der Waals surface area contributed by atoms with Crippen LogP contribution in [0.3, 0.4) is 0 Å². The quantitative estimate of drug-likeness (QED) is 0.756. The van der Waals surface area contributed by atoms with Crippen LogP contribution >= 0.6 is 0 Å². The summed E-state index contributed by atoms with van der Waals surface area (Å²) in [5.74, 6) is -0.164. The standard InChI is InChI=1S/C21H23N3O4/c25-19(14-20(26)24-8-7-16-4-1-2-5-17(16)15-24)22-9-11-23(12-10-22)21(27)18-6-3-13-28-18/h1-6,13H,7-12,14-15H2. The van der Waals surface area contributed by atoms with E-state index in [2.05, 4.69) is 6.07 Å². The SMILES string of the molecule is O=C(CC(=O)N1CCc2ccccc2C1)N1CCN(C(=O)c2ccco2)CC1. The fraction of sp³-hybridized carbons (Fsp3) is 0.381. The third-order valence-electron chi connectivity index (χ3n) is 5.44. The maximum atomic E-state index is 12.6. The first-order chi connectivity index (χ1) is 13.6. The highest BCUT2D eigenvalue weighted by atomic mass is 16.3. The topological polar surface area (TPSA) is 74.1 Å². The van der Waals surface area contributed by atoms with E-state index in [0.29, 0.717) is 45.0 Å². The molecule has 1 aromatic heterocycles. The van der Waals surface area contributed by atoms with E-state index >= 15 is 0 Å². The highest BCUT2D eigenvalue weighted by molar-refractivity contribution is 5.97. The van der Waals surface area contributed by atoms with E-state index in [-0.39, 0.29) is 24.1 Å². The molecule has 0 saturated carbocycles. The summed E-state index contributed by atoms with van der Waals surface area (Å²) in [7, 11) is 0. The third-order valence-corrected chi connectivity index (χ3v) is 5.44. The van der Waals surface area contributed by atoms with Crippen molar-refractivity contribution in [3.63, 3.8) is 0 Å². The van der Waals surface area contributed by atoms with Crippen molar-refractivity contribution in [2.75, 3.05) is 32.7 Å². The molecular formula is C21H23N3O4. The molecule has 3 heterocycles. The number of hydrogen-bond donors (Lipinski definition) is 0. The number of carbonyl (C=O) groups excluding carboxylic acids is 3. The summed E-state index contributed by atoms with van der Waals surface area (Å²) in [6.45, 7) is 2.96. The highest BCUT2D eigenvalue weighted by Gasteiger charge is 2.28. The number of rotatable bonds is 3. The second-order valence-electron chi connectivity index (χ2n) is 7.16. The van der Waals surface area contributed by atoms with Crippen LogP contribution < -0.4 is 0 Å². The van der Waals surface area contributed by atoms with Gasteiger partial charge in [0.05, 0.1) is 6.26 Å². The number of piperazine rings is 1. The van der Waals surface area contributed by atoms with E-state index in [1.807, 2.05) is 18.2 Å². The molecule has 0 radical (unpaired) electrons. The smallest absolute Gasteiger partial charge is 0.289 e. The number of furan rings is 1. The molecule has 7 heteroatoms. The lowest BCUT2D eigenvalue weighted by molar-refractivity contribution is -0.142. The molecule has 4 rings (SSSR count). The molecule has 1 aromatic carbocycles. The van der Waals surface area contributed by atoms with Crippen molar-refractivity contribution in [1.29, 1.82) is 0 Å². The Morgan fingerprint density at radius 2 is 1.46 bits per heavy atom. The molecule has 1 fully saturated rings. The van der Waals surface area contributed by atoms with Gasteiger partial charge in [-0.3, -0.25) is 14.4 Å². The van der Waals surface area contributed by atoms with Crippen LogP contribution in [0.5, 0.6) is 0 Å². The highest BCUT2D eigenvalue weighted by Crippen LogP contribution is 2.19. The number of carbonyl (C=O) groups is 3. The predicted molar refractivity (Wildman–Crippen MR) is 101 cm³/mol. The second kappa shape index (κ2) is 7.88. The van der Waals surface area contributed by atoms with Gasteiger partial charge in [-0.15, -0.1) is 0 Å². The average molecular weight is 381 g/mol. The Morgan fingerprint density at radius 1 is 0.786 bits per heavy atom. The predicted octanol–water partition coefficient (Wildman–Crippen LogP) is 1.54. The molecule has 3 amide bonds. The molecule has 0 unspecified atom stereocenters. The lowest BCUT2D eigenvalue weighted by Crippen LogP contribution is -2.51. The molecule has 146 valence electrons. The molecule has 28 heavy (non-hydrogen) atoms. The number of nitrogens with zero attached hydrogens (tertiary/aromatic N) is 3. The Morgan fingerprint density at radius 3 is 2.18 bits per heavy atom. The maximum Gasteiger partial charge on any atom is 0.289 e. The van der Waals surface area contributed by atoms with Crippen molar-refractivity contribution in [2.24, 2.45) is 0 Å². The monoisotopic (exact) mass is 381 g/mol. The second-order valence-corrected chi connectivity index (χ2v) is 7.16. The summed E-state index contributed by atoms with van der Waals surface area (Å²) in [5, 5.41) is 0. The summed E-state index contributed by atoms with van der Waals surface area (Å²) >= 11 is 0. The zero-order valence-electron chi connectivity index (χ0n) is 15.7. The van der Waals surface area contributed by atoms with Crippen LogP contribution in [-0.2, 0) is 22.6 Å². The fourth-order valence-electron chi connectivity index (χ4n) is 3.78. The molecule has 2 aromatic rings. The number of amides is 3. The van der Waals surface area contributed by atoms with Gasteiger partial charge in [-0.1, -0.05) is 24.3 Å². The summed E-state index contributed by atoms with van der Waals surface area (Å²) in [5.41, 5.74) is 2.43. The fourth-order valence-corrected chi connectivity index (χ4v) is 3.78. The van der Waals surface area contributed by atoms with Crippen LogP contribution in [0.2, 0.25) is 0 Å². The van der Waals surface area contributed by atoms with Crippen LogP contribution in [0.15, 0.2) is 47.1 Å². The van der Waals surface area contributed by atoms with Gasteiger partial charge in [0.15, 0.2) is 5.76 Å². The first-order valence-corrected chi connectivity index (χ1v) is 9.57. The zero-order chi connectivity index (χ0) is 19.5. The Labute approximate surface area is 163 Å². The van der Waals surface area contributed by atoms with Crippen molar-refractivity contribution < 1.29 is 18.8 Å². The molecule has 1 saturated heterocycles. The molecule has 0 atom stereocenters. The van der Waals surface area contributed by atoms with E-state index < -0.39 is 0 Å². The Kier molecular flexibility index (Phi) is 5.14. The minimum Gasteiger partial charge on any atom is -0.459 e. The van der Waals surface area contributed by atoms with E-state index in [4.69, 9.17) is 4.42 Å². The molecule has 2 aliphatic heterocycles. The first-order valence-electron chi connectivity index (χ1n) is 9.57. The summed E-state index contributed by atoms with van der Waals surface area (Å²) < 4.78 is 5.15. The van der Waals surface area contributed by atoms with E-state index in [9.17, 15) is 14.4 Å². The first kappa shape index (κ1) is 18.3. The molecule has 0 aliphatic carbocycles. The Bertz CT molecular complexity index is 870. The molecule has 0 spiro atoms. The van der Waals surface area contributed by atoms with Crippen LogP contribution in [0.25, 0.3) is 0 Å². The molecule has 0 bridgehead atoms. The van der Waals surface area contributed by atoms with Gasteiger partial charge < -0.3 is 19.1 Å². The van der Waals surface area contributed by atoms with Gasteiger partial charge in [-0.2, -0.15) is 0 Å². The normalized spacial score (nSPS) is 16.6. The van der Waals surface area contributed by atoms with E-state index in [1.165, 1.54) is 11.8 Å². The van der Waals surface area contributed by atoms with Gasteiger partial charge in [0.25, 0.3) is 5.91 Å². The van der Waals surface area contributed by atoms with Crippen molar-refractivity contribution in [1.82, 2.24) is 14.7 Å². The van der Waals surface area contributed by atoms with Gasteiger partial charge >= 0.3 is 0 Å². The largest absolute Gasteiger partial charge is 0.459 e. The molecular weight excluding hydrogens is 358 g/mol. The minimum atomic E-state index is -0.172. The van der Waals surface area contributed by atoms with E-state index in [1.54, 1.807) is 26.8 Å². The zero-order valence-corrected chi connectivity index (χ0v) is 15.7. The van der Waals surface area contributed by atoms with Gasteiger partial charge in [-0.25, -0.2) is 0 Å². The summed E-state index contributed by atoms with van der Waals surface area (Å²) in [4.78, 5) is 42.5. The third kappa shape index (κ3) is 3.78. The summed E-state index contributed by atoms with van der Waals surface area (Å²) in [6.07, 6.45) is 2.18. The van der Waals surface area contributed by atoms with Gasteiger partial charge in [0, 0.05) is 39.3 Å². The Balaban J connectivity index is 1.28. The van der Waals surface area contributed by atoms with Gasteiger partial charge in [0.2, 0.25) is 11.8 Å². The minimum absolute atomic E-state index is 0.117. The lowest BCUT2D eigenvalue weighted by atomic mass is 10.00. The summed E-state index contributed by atoms with van der Waals surface area (Å²) in [6, 6.07) is 11.4. The van der Waals surface area contributed by atoms with E-state index in [0.717, 1.165) is 12.0 Å². The van der Waals surface area contributed by atoms with Crippen LogP contribution in [0.4, 0.5) is 0 Å². The number of fused-ring (bicyclic) bond motifs is 1. The van der Waals surface area contributed by atoms with Gasteiger partial charge in [-0.05, 0) is 29.7 Å². The van der Waals surface area contributed by atoms with Crippen molar-refractivity contribution in [3.05, 3.63) is 59.5 Å². The number of hydrogen-bond acceptors (Lipinski definition) is 4. The number of benzene rings is 1. The van der Waals surface area contributed by atoms with Crippen LogP contribution in [-0.4, -0.2) is 65.1 Å². The average Bonchev–Trinajstić information content (AvgIpc) is 3.28. The van der Waals surface area contributed by atoms with Crippen LogP contribution in [0.1, 0.15) is 28.1 Å². The maximum absolute atomic E-state index is 12.6. The molecule has 2 aliphatic rings. The lowest BCUT2D eigenvalue weighted by Gasteiger charge is -2.35. The molecule has 0 N–H and O–H groups in total. The molecule has 7 nitrogen and oxygen atoms in total. The van der Waals surface area contributed by atoms with Crippen molar-refractivity contribution >= 4 is 17.7 Å². The van der Waals surface area contributed by atoms with Gasteiger partial charge in [0.1, 0.15) is 6.42 Å².